The fourth-order valence-electron chi connectivity index (χ4n) is 1.58. The number of benzene rings is 1. The molecule has 0 radical (unpaired) electrons. The van der Waals surface area contributed by atoms with Gasteiger partial charge in [0.05, 0.1) is 12.8 Å². The van der Waals surface area contributed by atoms with Crippen LogP contribution in [0.25, 0.3) is 5.57 Å². The molecule has 17 heavy (non-hydrogen) atoms. The molecule has 3 nitrogen and oxygen atoms in total. The number of nitrogens with zero attached hydrogens (tertiary/aromatic N) is 1. The monoisotopic (exact) mass is 231 g/mol. The Bertz CT molecular complexity index is 438. The van der Waals surface area contributed by atoms with Crippen LogP contribution in [0.1, 0.15) is 12.5 Å². The van der Waals surface area contributed by atoms with Crippen LogP contribution in [0.2, 0.25) is 0 Å². The van der Waals surface area contributed by atoms with Crippen molar-refractivity contribution in [3.8, 4) is 0 Å². The lowest BCUT2D eigenvalue weighted by molar-refractivity contribution is 0.179. The fourth-order valence-corrected chi connectivity index (χ4v) is 1.58. The van der Waals surface area contributed by atoms with Gasteiger partial charge in [0.1, 0.15) is 0 Å². The van der Waals surface area contributed by atoms with E-state index in [9.17, 15) is 4.79 Å². The number of carbonyl (C=O) groups excluding carboxylic acids is 1. The first-order valence-electron chi connectivity index (χ1n) is 5.33. The maximum Gasteiger partial charge on any atom is 0.414 e. The quantitative estimate of drug-likeness (QED) is 0.742. The molecule has 0 aliphatic carbocycles. The molecule has 1 aromatic carbocycles. The predicted octanol–water partition coefficient (Wildman–Crippen LogP) is 3.48. The average Bonchev–Trinajstić information content (AvgIpc) is 2.35. The van der Waals surface area contributed by atoms with E-state index in [2.05, 4.69) is 13.2 Å². The van der Waals surface area contributed by atoms with Crippen molar-refractivity contribution in [1.82, 2.24) is 0 Å². The van der Waals surface area contributed by atoms with Gasteiger partial charge in [0.2, 0.25) is 0 Å². The van der Waals surface area contributed by atoms with E-state index in [-0.39, 0.29) is 0 Å². The standard InChI is InChI=1S/C14H17NO2/c1-5-10-15(14(16)17-4)13-9-7-6-8-12(13)11(2)3/h5-9H,1-2,10H2,3-4H3. The van der Waals surface area contributed by atoms with Gasteiger partial charge in [0, 0.05) is 12.1 Å². The van der Waals surface area contributed by atoms with Gasteiger partial charge in [-0.1, -0.05) is 30.9 Å². The molecule has 90 valence electrons. The molecule has 0 heterocycles. The molecule has 0 aromatic heterocycles. The number of para-hydroxylation sites is 1. The van der Waals surface area contributed by atoms with Crippen LogP contribution in [0.5, 0.6) is 0 Å². The van der Waals surface area contributed by atoms with E-state index in [0.717, 1.165) is 16.8 Å². The van der Waals surface area contributed by atoms with Crippen LogP contribution >= 0.6 is 0 Å². The van der Waals surface area contributed by atoms with Gasteiger partial charge < -0.3 is 4.74 Å². The highest BCUT2D eigenvalue weighted by Gasteiger charge is 2.17. The fraction of sp³-hybridized carbons (Fsp3) is 0.214. The second-order valence-electron chi connectivity index (χ2n) is 3.67. The molecule has 0 N–H and O–H groups in total. The molecule has 0 saturated carbocycles. The van der Waals surface area contributed by atoms with Gasteiger partial charge in [-0.05, 0) is 18.6 Å². The molecule has 1 amide bonds. The van der Waals surface area contributed by atoms with Crippen molar-refractivity contribution >= 4 is 17.4 Å². The number of carbonyl (C=O) groups is 1. The van der Waals surface area contributed by atoms with Gasteiger partial charge in [-0.25, -0.2) is 4.79 Å². The zero-order valence-electron chi connectivity index (χ0n) is 10.3. The molecule has 1 rings (SSSR count). The van der Waals surface area contributed by atoms with Gasteiger partial charge in [-0.15, -0.1) is 6.58 Å². The third kappa shape index (κ3) is 2.97. The third-order valence-electron chi connectivity index (χ3n) is 2.36. The van der Waals surface area contributed by atoms with E-state index in [4.69, 9.17) is 4.74 Å². The van der Waals surface area contributed by atoms with E-state index in [0.29, 0.717) is 6.54 Å². The highest BCUT2D eigenvalue weighted by Crippen LogP contribution is 2.26. The Morgan fingerprint density at radius 3 is 2.65 bits per heavy atom. The molecule has 0 saturated heterocycles. The smallest absolute Gasteiger partial charge is 0.414 e. The molecule has 0 spiro atoms. The molecule has 0 bridgehead atoms. The molecule has 0 fully saturated rings. The van der Waals surface area contributed by atoms with Crippen molar-refractivity contribution in [2.24, 2.45) is 0 Å². The van der Waals surface area contributed by atoms with Crippen molar-refractivity contribution < 1.29 is 9.53 Å². The Kier molecular flexibility index (Phi) is 4.52. The largest absolute Gasteiger partial charge is 0.452 e. The molecular weight excluding hydrogens is 214 g/mol. The Morgan fingerprint density at radius 2 is 2.12 bits per heavy atom. The maximum atomic E-state index is 11.7. The Balaban J connectivity index is 3.22. The minimum Gasteiger partial charge on any atom is -0.452 e. The normalized spacial score (nSPS) is 9.53. The molecule has 3 heteroatoms. The summed E-state index contributed by atoms with van der Waals surface area (Å²) in [4.78, 5) is 13.2. The number of allylic oxidation sites excluding steroid dienone is 1. The number of methoxy groups -OCH3 is 1. The number of hydrogen-bond acceptors (Lipinski definition) is 2. The van der Waals surface area contributed by atoms with Gasteiger partial charge in [-0.2, -0.15) is 0 Å². The van der Waals surface area contributed by atoms with Crippen molar-refractivity contribution in [3.05, 3.63) is 49.1 Å². The lowest BCUT2D eigenvalue weighted by atomic mass is 10.1. The van der Waals surface area contributed by atoms with Crippen LogP contribution in [-0.4, -0.2) is 19.7 Å². The number of hydrogen-bond donors (Lipinski definition) is 0. The van der Waals surface area contributed by atoms with Crippen LogP contribution in [0.4, 0.5) is 10.5 Å². The molecule has 0 aliphatic heterocycles. The molecule has 0 aliphatic rings. The summed E-state index contributed by atoms with van der Waals surface area (Å²) in [6.45, 7) is 9.86. The predicted molar refractivity (Wildman–Crippen MR) is 71.1 cm³/mol. The molecule has 0 atom stereocenters. The highest BCUT2D eigenvalue weighted by molar-refractivity contribution is 5.92. The van der Waals surface area contributed by atoms with E-state index in [1.54, 1.807) is 6.08 Å². The lowest BCUT2D eigenvalue weighted by Crippen LogP contribution is -2.31. The highest BCUT2D eigenvalue weighted by atomic mass is 16.5. The van der Waals surface area contributed by atoms with Crippen LogP contribution in [0, 0.1) is 0 Å². The number of rotatable bonds is 4. The Labute approximate surface area is 102 Å². The zero-order valence-corrected chi connectivity index (χ0v) is 10.3. The minimum absolute atomic E-state index is 0.400. The summed E-state index contributed by atoms with van der Waals surface area (Å²) >= 11 is 0. The van der Waals surface area contributed by atoms with Gasteiger partial charge >= 0.3 is 6.09 Å². The minimum atomic E-state index is -0.404. The Hall–Kier alpha value is -2.03. The first kappa shape index (κ1) is 13.0. The zero-order chi connectivity index (χ0) is 12.8. The van der Waals surface area contributed by atoms with Crippen molar-refractivity contribution in [2.75, 3.05) is 18.6 Å². The molecular formula is C14H17NO2. The third-order valence-corrected chi connectivity index (χ3v) is 2.36. The van der Waals surface area contributed by atoms with E-state index < -0.39 is 6.09 Å². The summed E-state index contributed by atoms with van der Waals surface area (Å²) < 4.78 is 4.76. The van der Waals surface area contributed by atoms with E-state index >= 15 is 0 Å². The van der Waals surface area contributed by atoms with Crippen molar-refractivity contribution in [1.29, 1.82) is 0 Å². The summed E-state index contributed by atoms with van der Waals surface area (Å²) in [5.41, 5.74) is 2.62. The van der Waals surface area contributed by atoms with Gasteiger partial charge in [0.15, 0.2) is 0 Å². The number of anilines is 1. The average molecular weight is 231 g/mol. The SMILES string of the molecule is C=CCN(C(=O)OC)c1ccccc1C(=C)C. The van der Waals surface area contributed by atoms with E-state index in [1.807, 2.05) is 31.2 Å². The summed E-state index contributed by atoms with van der Waals surface area (Å²) in [5.74, 6) is 0. The van der Waals surface area contributed by atoms with Gasteiger partial charge in [-0.3, -0.25) is 4.90 Å². The first-order chi connectivity index (χ1) is 8.11. The lowest BCUT2D eigenvalue weighted by Gasteiger charge is -2.22. The first-order valence-corrected chi connectivity index (χ1v) is 5.33. The van der Waals surface area contributed by atoms with Crippen LogP contribution < -0.4 is 4.90 Å². The summed E-state index contributed by atoms with van der Waals surface area (Å²) in [5, 5.41) is 0. The summed E-state index contributed by atoms with van der Waals surface area (Å²) in [6, 6.07) is 7.58. The topological polar surface area (TPSA) is 29.5 Å². The molecule has 0 unspecified atom stereocenters. The Morgan fingerprint density at radius 1 is 1.47 bits per heavy atom. The van der Waals surface area contributed by atoms with Crippen LogP contribution in [0.3, 0.4) is 0 Å². The van der Waals surface area contributed by atoms with E-state index in [1.165, 1.54) is 12.0 Å². The second kappa shape index (κ2) is 5.89. The van der Waals surface area contributed by atoms with Crippen LogP contribution in [0.15, 0.2) is 43.5 Å². The summed E-state index contributed by atoms with van der Waals surface area (Å²) in [6.07, 6.45) is 1.25. The van der Waals surface area contributed by atoms with Gasteiger partial charge in [0.25, 0.3) is 0 Å². The maximum absolute atomic E-state index is 11.7. The summed E-state index contributed by atoms with van der Waals surface area (Å²) in [7, 11) is 1.36. The number of ether oxygens (including phenoxy) is 1. The van der Waals surface area contributed by atoms with Crippen LogP contribution in [-0.2, 0) is 4.74 Å². The van der Waals surface area contributed by atoms with Crippen molar-refractivity contribution in [3.63, 3.8) is 0 Å². The molecule has 1 aromatic rings. The van der Waals surface area contributed by atoms with Crippen molar-refractivity contribution in [2.45, 2.75) is 6.92 Å². The number of amides is 1. The second-order valence-corrected chi connectivity index (χ2v) is 3.67.